The number of aromatic hydroxyl groups is 1. The molecule has 0 aliphatic carbocycles. The molecule has 1 aliphatic rings. The summed E-state index contributed by atoms with van der Waals surface area (Å²) in [5.41, 5.74) is 0.579. The quantitative estimate of drug-likeness (QED) is 0.872. The van der Waals surface area contributed by atoms with Gasteiger partial charge in [0.1, 0.15) is 11.4 Å². The number of phenolic OH excluding ortho intramolecular Hbond substituents is 1. The van der Waals surface area contributed by atoms with E-state index in [-0.39, 0.29) is 17.9 Å². The molecule has 1 fully saturated rings. The fourth-order valence-corrected chi connectivity index (χ4v) is 2.25. The SMILES string of the molecule is CC(C)(C)OC(=O)N[C@H]1CCN(c2ccc(O)cc2)C1. The molecule has 1 atom stereocenters. The van der Waals surface area contributed by atoms with Crippen molar-refractivity contribution < 1.29 is 14.6 Å². The average Bonchev–Trinajstić information content (AvgIpc) is 2.75. The van der Waals surface area contributed by atoms with Crippen LogP contribution in [0.4, 0.5) is 10.5 Å². The highest BCUT2D eigenvalue weighted by molar-refractivity contribution is 5.68. The Hall–Kier alpha value is -1.91. The first-order chi connectivity index (χ1) is 9.33. The molecular weight excluding hydrogens is 256 g/mol. The Kier molecular flexibility index (Phi) is 4.06. The van der Waals surface area contributed by atoms with Crippen LogP contribution < -0.4 is 10.2 Å². The van der Waals surface area contributed by atoms with E-state index in [1.165, 1.54) is 0 Å². The molecule has 1 amide bonds. The van der Waals surface area contributed by atoms with Crippen LogP contribution >= 0.6 is 0 Å². The van der Waals surface area contributed by atoms with Gasteiger partial charge in [-0.25, -0.2) is 4.79 Å². The maximum Gasteiger partial charge on any atom is 0.407 e. The molecule has 1 saturated heterocycles. The molecule has 0 saturated carbocycles. The van der Waals surface area contributed by atoms with Gasteiger partial charge in [0.2, 0.25) is 0 Å². The minimum absolute atomic E-state index is 0.0960. The van der Waals surface area contributed by atoms with E-state index in [2.05, 4.69) is 10.2 Å². The van der Waals surface area contributed by atoms with E-state index in [0.29, 0.717) is 0 Å². The fourth-order valence-electron chi connectivity index (χ4n) is 2.25. The number of anilines is 1. The Balaban J connectivity index is 1.86. The van der Waals surface area contributed by atoms with Gasteiger partial charge in [0, 0.05) is 18.8 Å². The maximum atomic E-state index is 11.7. The molecule has 1 aromatic carbocycles. The van der Waals surface area contributed by atoms with Crippen LogP contribution in [0.25, 0.3) is 0 Å². The molecular formula is C15H22N2O3. The van der Waals surface area contributed by atoms with Crippen molar-refractivity contribution in [2.24, 2.45) is 0 Å². The Labute approximate surface area is 119 Å². The maximum absolute atomic E-state index is 11.7. The predicted molar refractivity (Wildman–Crippen MR) is 78.1 cm³/mol. The van der Waals surface area contributed by atoms with Gasteiger partial charge in [-0.3, -0.25) is 0 Å². The third-order valence-electron chi connectivity index (χ3n) is 3.12. The van der Waals surface area contributed by atoms with Crippen LogP contribution in [0.5, 0.6) is 5.75 Å². The van der Waals surface area contributed by atoms with Crippen molar-refractivity contribution in [2.75, 3.05) is 18.0 Å². The van der Waals surface area contributed by atoms with Crippen molar-refractivity contribution in [1.82, 2.24) is 5.32 Å². The van der Waals surface area contributed by atoms with Crippen molar-refractivity contribution in [1.29, 1.82) is 0 Å². The third kappa shape index (κ3) is 4.05. The van der Waals surface area contributed by atoms with E-state index < -0.39 is 5.60 Å². The molecule has 2 rings (SSSR count). The zero-order valence-corrected chi connectivity index (χ0v) is 12.2. The summed E-state index contributed by atoms with van der Waals surface area (Å²) < 4.78 is 5.25. The first-order valence-corrected chi connectivity index (χ1v) is 6.87. The van der Waals surface area contributed by atoms with Crippen LogP contribution in [0.3, 0.4) is 0 Å². The molecule has 0 unspecified atom stereocenters. The zero-order chi connectivity index (χ0) is 14.8. The predicted octanol–water partition coefficient (Wildman–Crippen LogP) is 2.50. The first-order valence-electron chi connectivity index (χ1n) is 6.87. The number of nitrogens with one attached hydrogen (secondary N) is 1. The van der Waals surface area contributed by atoms with E-state index in [4.69, 9.17) is 4.74 Å². The summed E-state index contributed by atoms with van der Waals surface area (Å²) in [6.07, 6.45) is 0.523. The van der Waals surface area contributed by atoms with Gasteiger partial charge in [-0.05, 0) is 51.5 Å². The monoisotopic (exact) mass is 278 g/mol. The smallest absolute Gasteiger partial charge is 0.407 e. The highest BCUT2D eigenvalue weighted by Gasteiger charge is 2.26. The van der Waals surface area contributed by atoms with E-state index in [1.807, 2.05) is 32.9 Å². The van der Waals surface area contributed by atoms with E-state index in [1.54, 1.807) is 12.1 Å². The van der Waals surface area contributed by atoms with Gasteiger partial charge in [0.25, 0.3) is 0 Å². The summed E-state index contributed by atoms with van der Waals surface area (Å²) in [5, 5.41) is 12.2. The van der Waals surface area contributed by atoms with Gasteiger partial charge < -0.3 is 20.1 Å². The summed E-state index contributed by atoms with van der Waals surface area (Å²) >= 11 is 0. The van der Waals surface area contributed by atoms with Crippen LogP contribution in [-0.4, -0.2) is 35.9 Å². The number of ether oxygens (including phenoxy) is 1. The van der Waals surface area contributed by atoms with E-state index in [9.17, 15) is 9.90 Å². The Bertz CT molecular complexity index is 465. The second-order valence-corrected chi connectivity index (χ2v) is 6.09. The number of hydrogen-bond donors (Lipinski definition) is 2. The molecule has 2 N–H and O–H groups in total. The number of alkyl carbamates (subject to hydrolysis) is 1. The highest BCUT2D eigenvalue weighted by atomic mass is 16.6. The first kappa shape index (κ1) is 14.5. The lowest BCUT2D eigenvalue weighted by Gasteiger charge is -2.22. The van der Waals surface area contributed by atoms with E-state index in [0.717, 1.165) is 25.2 Å². The van der Waals surface area contributed by atoms with Crippen molar-refractivity contribution in [3.63, 3.8) is 0 Å². The molecule has 20 heavy (non-hydrogen) atoms. The Morgan fingerprint density at radius 3 is 2.60 bits per heavy atom. The molecule has 1 heterocycles. The Morgan fingerprint density at radius 1 is 1.35 bits per heavy atom. The lowest BCUT2D eigenvalue weighted by molar-refractivity contribution is 0.0509. The lowest BCUT2D eigenvalue weighted by atomic mass is 10.2. The topological polar surface area (TPSA) is 61.8 Å². The van der Waals surface area contributed by atoms with Crippen molar-refractivity contribution in [2.45, 2.75) is 38.8 Å². The second kappa shape index (κ2) is 5.61. The number of carbonyl (C=O) groups is 1. The number of nitrogens with zero attached hydrogens (tertiary/aromatic N) is 1. The number of hydrogen-bond acceptors (Lipinski definition) is 4. The summed E-state index contributed by atoms with van der Waals surface area (Å²) in [7, 11) is 0. The van der Waals surface area contributed by atoms with Crippen LogP contribution in [0.2, 0.25) is 0 Å². The normalized spacial score (nSPS) is 18.9. The average molecular weight is 278 g/mol. The molecule has 0 spiro atoms. The Morgan fingerprint density at radius 2 is 2.00 bits per heavy atom. The second-order valence-electron chi connectivity index (χ2n) is 6.09. The number of phenols is 1. The third-order valence-corrected chi connectivity index (χ3v) is 3.12. The van der Waals surface area contributed by atoms with Crippen LogP contribution in [0.15, 0.2) is 24.3 Å². The molecule has 1 aromatic rings. The number of rotatable bonds is 2. The van der Waals surface area contributed by atoms with Gasteiger partial charge in [-0.1, -0.05) is 0 Å². The summed E-state index contributed by atoms with van der Waals surface area (Å²) in [5.74, 6) is 0.261. The van der Waals surface area contributed by atoms with Gasteiger partial charge in [-0.15, -0.1) is 0 Å². The minimum Gasteiger partial charge on any atom is -0.508 e. The molecule has 0 aromatic heterocycles. The number of amides is 1. The van der Waals surface area contributed by atoms with Gasteiger partial charge >= 0.3 is 6.09 Å². The standard InChI is InChI=1S/C15H22N2O3/c1-15(2,3)20-14(19)16-11-8-9-17(10-11)12-4-6-13(18)7-5-12/h4-7,11,18H,8-10H2,1-3H3,(H,16,19)/t11-/m0/s1. The van der Waals surface area contributed by atoms with Gasteiger partial charge in [-0.2, -0.15) is 0 Å². The lowest BCUT2D eigenvalue weighted by Crippen LogP contribution is -2.40. The number of benzene rings is 1. The van der Waals surface area contributed by atoms with Crippen molar-refractivity contribution in [3.05, 3.63) is 24.3 Å². The van der Waals surface area contributed by atoms with Crippen LogP contribution in [0.1, 0.15) is 27.2 Å². The minimum atomic E-state index is -0.473. The van der Waals surface area contributed by atoms with Gasteiger partial charge in [0.15, 0.2) is 0 Å². The van der Waals surface area contributed by atoms with Crippen molar-refractivity contribution >= 4 is 11.8 Å². The molecule has 0 bridgehead atoms. The zero-order valence-electron chi connectivity index (χ0n) is 12.2. The number of carbonyl (C=O) groups excluding carboxylic acids is 1. The van der Waals surface area contributed by atoms with Crippen molar-refractivity contribution in [3.8, 4) is 5.75 Å². The largest absolute Gasteiger partial charge is 0.508 e. The summed E-state index contributed by atoms with van der Waals surface area (Å²) in [6.45, 7) is 7.19. The van der Waals surface area contributed by atoms with Crippen LogP contribution in [-0.2, 0) is 4.74 Å². The molecule has 5 nitrogen and oxygen atoms in total. The fraction of sp³-hybridized carbons (Fsp3) is 0.533. The molecule has 1 aliphatic heterocycles. The van der Waals surface area contributed by atoms with Gasteiger partial charge in [0.05, 0.1) is 6.04 Å². The molecule has 110 valence electrons. The van der Waals surface area contributed by atoms with E-state index >= 15 is 0 Å². The molecule has 5 heteroatoms. The van der Waals surface area contributed by atoms with Crippen LogP contribution in [0, 0.1) is 0 Å². The summed E-state index contributed by atoms with van der Waals surface area (Å²) in [4.78, 5) is 13.9. The summed E-state index contributed by atoms with van der Waals surface area (Å²) in [6, 6.07) is 7.20. The highest BCUT2D eigenvalue weighted by Crippen LogP contribution is 2.22. The molecule has 0 radical (unpaired) electrons.